The van der Waals surface area contributed by atoms with Gasteiger partial charge < -0.3 is 19.3 Å². The normalized spacial score (nSPS) is 13.9. The van der Waals surface area contributed by atoms with Crippen molar-refractivity contribution < 1.29 is 23.9 Å². The standard InChI is InChI=1S/C23H24N2O5/c1-17(26)30-21-5-3-4-19(16-21)23(28)25-14-12-24(13-15-25)22(27)11-8-18-6-9-20(29-2)10-7-18/h3-11,16H,12-15H2,1-2H3/b11-8+. The summed E-state index contributed by atoms with van der Waals surface area (Å²) in [5.74, 6) is 0.428. The number of ether oxygens (including phenoxy) is 2. The Balaban J connectivity index is 1.54. The van der Waals surface area contributed by atoms with Crippen LogP contribution in [0.2, 0.25) is 0 Å². The van der Waals surface area contributed by atoms with Gasteiger partial charge in [-0.1, -0.05) is 18.2 Å². The molecule has 156 valence electrons. The van der Waals surface area contributed by atoms with Crippen molar-refractivity contribution >= 4 is 23.9 Å². The van der Waals surface area contributed by atoms with E-state index in [0.29, 0.717) is 37.5 Å². The van der Waals surface area contributed by atoms with Gasteiger partial charge in [-0.15, -0.1) is 0 Å². The molecule has 0 radical (unpaired) electrons. The molecule has 2 aromatic rings. The van der Waals surface area contributed by atoms with Crippen molar-refractivity contribution in [3.05, 3.63) is 65.7 Å². The van der Waals surface area contributed by atoms with Crippen LogP contribution >= 0.6 is 0 Å². The molecule has 0 atom stereocenters. The summed E-state index contributed by atoms with van der Waals surface area (Å²) in [6, 6.07) is 14.0. The van der Waals surface area contributed by atoms with Gasteiger partial charge in [0, 0.05) is 44.7 Å². The van der Waals surface area contributed by atoms with Gasteiger partial charge in [-0.3, -0.25) is 14.4 Å². The number of methoxy groups -OCH3 is 1. The van der Waals surface area contributed by atoms with Gasteiger partial charge in [0.15, 0.2) is 0 Å². The Hall–Kier alpha value is -3.61. The molecule has 7 nitrogen and oxygen atoms in total. The van der Waals surface area contributed by atoms with E-state index in [-0.39, 0.29) is 11.8 Å². The van der Waals surface area contributed by atoms with Gasteiger partial charge in [-0.05, 0) is 42.0 Å². The summed E-state index contributed by atoms with van der Waals surface area (Å²) in [7, 11) is 1.61. The minimum Gasteiger partial charge on any atom is -0.497 e. The van der Waals surface area contributed by atoms with Crippen LogP contribution in [0.15, 0.2) is 54.6 Å². The highest BCUT2D eigenvalue weighted by Crippen LogP contribution is 2.17. The van der Waals surface area contributed by atoms with E-state index in [1.165, 1.54) is 6.92 Å². The molecule has 1 fully saturated rings. The van der Waals surface area contributed by atoms with Crippen molar-refractivity contribution in [3.63, 3.8) is 0 Å². The molecule has 2 amide bonds. The molecule has 0 N–H and O–H groups in total. The van der Waals surface area contributed by atoms with Crippen molar-refractivity contribution in [2.75, 3.05) is 33.3 Å². The average Bonchev–Trinajstić information content (AvgIpc) is 2.77. The molecule has 0 unspecified atom stereocenters. The maximum absolute atomic E-state index is 12.7. The van der Waals surface area contributed by atoms with Crippen molar-refractivity contribution in [2.24, 2.45) is 0 Å². The summed E-state index contributed by atoms with van der Waals surface area (Å²) in [4.78, 5) is 39.7. The number of nitrogens with zero attached hydrogens (tertiary/aromatic N) is 2. The first kappa shape index (κ1) is 21.1. The lowest BCUT2D eigenvalue weighted by Crippen LogP contribution is -2.50. The van der Waals surface area contributed by atoms with Crippen LogP contribution < -0.4 is 9.47 Å². The number of benzene rings is 2. The van der Waals surface area contributed by atoms with Crippen LogP contribution in [0.5, 0.6) is 11.5 Å². The first-order valence-electron chi connectivity index (χ1n) is 9.65. The predicted octanol–water partition coefficient (Wildman–Crippen LogP) is 2.62. The maximum atomic E-state index is 12.7. The van der Waals surface area contributed by atoms with E-state index in [9.17, 15) is 14.4 Å². The van der Waals surface area contributed by atoms with Gasteiger partial charge in [0.25, 0.3) is 5.91 Å². The minimum atomic E-state index is -0.436. The van der Waals surface area contributed by atoms with E-state index >= 15 is 0 Å². The summed E-state index contributed by atoms with van der Waals surface area (Å²) in [6.07, 6.45) is 3.31. The van der Waals surface area contributed by atoms with E-state index in [1.807, 2.05) is 24.3 Å². The van der Waals surface area contributed by atoms with Crippen molar-refractivity contribution in [2.45, 2.75) is 6.92 Å². The van der Waals surface area contributed by atoms with E-state index in [2.05, 4.69) is 0 Å². The lowest BCUT2D eigenvalue weighted by Gasteiger charge is -2.34. The predicted molar refractivity (Wildman–Crippen MR) is 112 cm³/mol. The Morgan fingerprint density at radius 1 is 0.900 bits per heavy atom. The van der Waals surface area contributed by atoms with Crippen LogP contribution in [0.4, 0.5) is 0 Å². The van der Waals surface area contributed by atoms with Gasteiger partial charge in [0.1, 0.15) is 11.5 Å². The topological polar surface area (TPSA) is 76.2 Å². The molecule has 7 heteroatoms. The Kier molecular flexibility index (Phi) is 6.85. The van der Waals surface area contributed by atoms with Crippen molar-refractivity contribution in [1.82, 2.24) is 9.80 Å². The van der Waals surface area contributed by atoms with E-state index < -0.39 is 5.97 Å². The highest BCUT2D eigenvalue weighted by molar-refractivity contribution is 5.95. The van der Waals surface area contributed by atoms with Gasteiger partial charge in [-0.2, -0.15) is 0 Å². The number of esters is 1. The Labute approximate surface area is 175 Å². The largest absolute Gasteiger partial charge is 0.497 e. The zero-order valence-electron chi connectivity index (χ0n) is 17.0. The first-order chi connectivity index (χ1) is 14.5. The molecular weight excluding hydrogens is 384 g/mol. The molecule has 1 saturated heterocycles. The quantitative estimate of drug-likeness (QED) is 0.432. The van der Waals surface area contributed by atoms with E-state index in [4.69, 9.17) is 9.47 Å². The molecule has 0 aliphatic carbocycles. The molecule has 1 aliphatic rings. The van der Waals surface area contributed by atoms with Crippen LogP contribution in [0.1, 0.15) is 22.8 Å². The third-order valence-electron chi connectivity index (χ3n) is 4.76. The number of carbonyl (C=O) groups excluding carboxylic acids is 3. The molecule has 0 aromatic heterocycles. The van der Waals surface area contributed by atoms with E-state index in [0.717, 1.165) is 11.3 Å². The number of piperazine rings is 1. The third kappa shape index (κ3) is 5.47. The minimum absolute atomic E-state index is 0.0882. The van der Waals surface area contributed by atoms with Crippen LogP contribution in [-0.4, -0.2) is 60.9 Å². The highest BCUT2D eigenvalue weighted by Gasteiger charge is 2.24. The van der Waals surface area contributed by atoms with Gasteiger partial charge in [0.05, 0.1) is 7.11 Å². The summed E-state index contributed by atoms with van der Waals surface area (Å²) in [5, 5.41) is 0. The molecule has 1 aliphatic heterocycles. The second kappa shape index (κ2) is 9.73. The van der Waals surface area contributed by atoms with Crippen LogP contribution in [0.3, 0.4) is 0 Å². The molecule has 0 spiro atoms. The van der Waals surface area contributed by atoms with Crippen molar-refractivity contribution in [1.29, 1.82) is 0 Å². The number of hydrogen-bond acceptors (Lipinski definition) is 5. The smallest absolute Gasteiger partial charge is 0.308 e. The fourth-order valence-corrected chi connectivity index (χ4v) is 3.16. The Bertz CT molecular complexity index is 944. The monoisotopic (exact) mass is 408 g/mol. The fraction of sp³-hybridized carbons (Fsp3) is 0.261. The third-order valence-corrected chi connectivity index (χ3v) is 4.76. The molecule has 0 bridgehead atoms. The summed E-state index contributed by atoms with van der Waals surface area (Å²) in [6.45, 7) is 3.12. The average molecular weight is 408 g/mol. The Morgan fingerprint density at radius 3 is 2.20 bits per heavy atom. The molecule has 3 rings (SSSR count). The number of amides is 2. The first-order valence-corrected chi connectivity index (χ1v) is 9.65. The van der Waals surface area contributed by atoms with Crippen LogP contribution in [0, 0.1) is 0 Å². The molecule has 0 saturated carbocycles. The SMILES string of the molecule is COc1ccc(/C=C/C(=O)N2CCN(C(=O)c3cccc(OC(C)=O)c3)CC2)cc1. The van der Waals surface area contributed by atoms with Gasteiger partial charge in [-0.25, -0.2) is 0 Å². The summed E-state index contributed by atoms with van der Waals surface area (Å²) >= 11 is 0. The molecular formula is C23H24N2O5. The number of carbonyl (C=O) groups is 3. The lowest BCUT2D eigenvalue weighted by atomic mass is 10.1. The molecule has 30 heavy (non-hydrogen) atoms. The second-order valence-corrected chi connectivity index (χ2v) is 6.85. The van der Waals surface area contributed by atoms with Gasteiger partial charge in [0.2, 0.25) is 5.91 Å². The molecule has 2 aromatic carbocycles. The fourth-order valence-electron chi connectivity index (χ4n) is 3.16. The zero-order chi connectivity index (χ0) is 21.5. The van der Waals surface area contributed by atoms with Crippen LogP contribution in [0.25, 0.3) is 6.08 Å². The maximum Gasteiger partial charge on any atom is 0.308 e. The second-order valence-electron chi connectivity index (χ2n) is 6.85. The van der Waals surface area contributed by atoms with Crippen LogP contribution in [-0.2, 0) is 9.59 Å². The van der Waals surface area contributed by atoms with Gasteiger partial charge >= 0.3 is 5.97 Å². The zero-order valence-corrected chi connectivity index (χ0v) is 17.0. The van der Waals surface area contributed by atoms with Crippen molar-refractivity contribution in [3.8, 4) is 11.5 Å². The summed E-state index contributed by atoms with van der Waals surface area (Å²) in [5.41, 5.74) is 1.36. The highest BCUT2D eigenvalue weighted by atomic mass is 16.5. The Morgan fingerprint density at radius 2 is 1.57 bits per heavy atom. The summed E-state index contributed by atoms with van der Waals surface area (Å²) < 4.78 is 10.2. The van der Waals surface area contributed by atoms with E-state index in [1.54, 1.807) is 53.3 Å². The number of rotatable bonds is 5. The molecule has 1 heterocycles. The lowest BCUT2D eigenvalue weighted by molar-refractivity contribution is -0.132. The number of hydrogen-bond donors (Lipinski definition) is 0.